The highest BCUT2D eigenvalue weighted by Crippen LogP contribution is 2.23. The van der Waals surface area contributed by atoms with Crippen LogP contribution < -0.4 is 5.32 Å². The van der Waals surface area contributed by atoms with E-state index in [2.05, 4.69) is 28.7 Å². The van der Waals surface area contributed by atoms with E-state index in [1.54, 1.807) is 12.1 Å². The summed E-state index contributed by atoms with van der Waals surface area (Å²) in [6.07, 6.45) is 3.30. The fourth-order valence-electron chi connectivity index (χ4n) is 2.14. The summed E-state index contributed by atoms with van der Waals surface area (Å²) in [7, 11) is 1.85. The quantitative estimate of drug-likeness (QED) is 0.553. The molecule has 3 aromatic rings. The number of halogens is 2. The SMILES string of the molecule is C=C(F)C(=O)Nc1cnc2c(c1)c(C#Cc1ccc(Cl)s1)cn2C. The summed E-state index contributed by atoms with van der Waals surface area (Å²) >= 11 is 7.29. The van der Waals surface area contributed by atoms with Crippen LogP contribution >= 0.6 is 22.9 Å². The van der Waals surface area contributed by atoms with Gasteiger partial charge in [-0.15, -0.1) is 11.3 Å². The Bertz CT molecular complexity index is 1030. The number of nitrogens with zero attached hydrogens (tertiary/aromatic N) is 2. The number of aryl methyl sites for hydroxylation is 1. The number of aromatic nitrogens is 2. The Labute approximate surface area is 146 Å². The monoisotopic (exact) mass is 359 g/mol. The van der Waals surface area contributed by atoms with E-state index in [1.165, 1.54) is 17.5 Å². The molecule has 7 heteroatoms. The first-order valence-corrected chi connectivity index (χ1v) is 8.01. The van der Waals surface area contributed by atoms with E-state index in [0.29, 0.717) is 15.7 Å². The Balaban J connectivity index is 2.00. The maximum absolute atomic E-state index is 12.8. The van der Waals surface area contributed by atoms with Crippen molar-refractivity contribution in [3.63, 3.8) is 0 Å². The van der Waals surface area contributed by atoms with E-state index in [0.717, 1.165) is 15.8 Å². The Morgan fingerprint density at radius 3 is 2.92 bits per heavy atom. The van der Waals surface area contributed by atoms with Crippen LogP contribution in [0.3, 0.4) is 0 Å². The lowest BCUT2D eigenvalue weighted by Crippen LogP contribution is -2.11. The van der Waals surface area contributed by atoms with Crippen molar-refractivity contribution in [1.29, 1.82) is 0 Å². The van der Waals surface area contributed by atoms with Gasteiger partial charge in [0, 0.05) is 18.6 Å². The molecule has 0 saturated heterocycles. The van der Waals surface area contributed by atoms with Crippen LogP contribution in [0.4, 0.5) is 10.1 Å². The molecule has 3 rings (SSSR count). The number of hydrogen-bond donors (Lipinski definition) is 1. The van der Waals surface area contributed by atoms with Gasteiger partial charge in [-0.2, -0.15) is 0 Å². The number of fused-ring (bicyclic) bond motifs is 1. The number of thiophene rings is 1. The zero-order chi connectivity index (χ0) is 17.3. The third-order valence-corrected chi connectivity index (χ3v) is 4.36. The van der Waals surface area contributed by atoms with Crippen molar-refractivity contribution in [2.75, 3.05) is 5.32 Å². The van der Waals surface area contributed by atoms with Crippen LogP contribution in [0.2, 0.25) is 4.34 Å². The van der Waals surface area contributed by atoms with Crippen LogP contribution in [0.5, 0.6) is 0 Å². The summed E-state index contributed by atoms with van der Waals surface area (Å²) < 4.78 is 15.3. The fraction of sp³-hybridized carbons (Fsp3) is 0.0588. The van der Waals surface area contributed by atoms with Gasteiger partial charge in [0.1, 0.15) is 5.65 Å². The topological polar surface area (TPSA) is 46.9 Å². The Hall–Kier alpha value is -2.62. The van der Waals surface area contributed by atoms with E-state index in [4.69, 9.17) is 11.6 Å². The molecular formula is C17H11ClFN3OS. The number of pyridine rings is 1. The van der Waals surface area contributed by atoms with Gasteiger partial charge in [-0.3, -0.25) is 4.79 Å². The minimum atomic E-state index is -1.06. The van der Waals surface area contributed by atoms with Gasteiger partial charge >= 0.3 is 0 Å². The highest BCUT2D eigenvalue weighted by Gasteiger charge is 2.10. The van der Waals surface area contributed by atoms with Crippen molar-refractivity contribution in [3.05, 3.63) is 57.8 Å². The highest BCUT2D eigenvalue weighted by atomic mass is 35.5. The number of carbonyl (C=O) groups excluding carboxylic acids is 1. The molecule has 0 radical (unpaired) electrons. The molecule has 0 unspecified atom stereocenters. The van der Waals surface area contributed by atoms with Gasteiger partial charge < -0.3 is 9.88 Å². The van der Waals surface area contributed by atoms with Crippen molar-refractivity contribution in [2.45, 2.75) is 0 Å². The Morgan fingerprint density at radius 2 is 2.25 bits per heavy atom. The minimum absolute atomic E-state index is 0.375. The fourth-order valence-corrected chi connectivity index (χ4v) is 3.04. The van der Waals surface area contributed by atoms with Crippen molar-refractivity contribution in [1.82, 2.24) is 9.55 Å². The van der Waals surface area contributed by atoms with E-state index >= 15 is 0 Å². The highest BCUT2D eigenvalue weighted by molar-refractivity contribution is 7.16. The molecule has 0 spiro atoms. The standard InChI is InChI=1S/C17H11ClFN3OS/c1-10(19)17(23)21-12-7-14-11(9-22(2)16(14)20-8-12)3-4-13-5-6-15(18)24-13/h5-9H,1H2,2H3,(H,21,23). The van der Waals surface area contributed by atoms with Crippen LogP contribution in [-0.2, 0) is 11.8 Å². The summed E-state index contributed by atoms with van der Waals surface area (Å²) in [4.78, 5) is 16.5. The Kier molecular flexibility index (Phi) is 4.38. The molecule has 4 nitrogen and oxygen atoms in total. The molecule has 3 aromatic heterocycles. The molecule has 0 atom stereocenters. The average Bonchev–Trinajstić information content (AvgIpc) is 3.09. The third-order valence-electron chi connectivity index (χ3n) is 3.21. The third kappa shape index (κ3) is 3.32. The summed E-state index contributed by atoms with van der Waals surface area (Å²) in [6.45, 7) is 2.97. The van der Waals surface area contributed by atoms with Gasteiger partial charge in [0.15, 0.2) is 5.83 Å². The smallest absolute Gasteiger partial charge is 0.283 e. The second-order valence-electron chi connectivity index (χ2n) is 4.96. The molecular weight excluding hydrogens is 349 g/mol. The van der Waals surface area contributed by atoms with Crippen LogP contribution in [0.15, 0.2) is 43.0 Å². The van der Waals surface area contributed by atoms with Crippen molar-refractivity contribution < 1.29 is 9.18 Å². The van der Waals surface area contributed by atoms with Crippen molar-refractivity contribution >= 4 is 45.6 Å². The summed E-state index contributed by atoms with van der Waals surface area (Å²) in [5, 5.41) is 3.16. The molecule has 0 saturated carbocycles. The molecule has 1 amide bonds. The lowest BCUT2D eigenvalue weighted by molar-refractivity contribution is -0.114. The number of nitrogens with one attached hydrogen (secondary N) is 1. The molecule has 0 aromatic carbocycles. The molecule has 0 aliphatic heterocycles. The average molecular weight is 360 g/mol. The molecule has 120 valence electrons. The lowest BCUT2D eigenvalue weighted by atomic mass is 10.2. The Morgan fingerprint density at radius 1 is 1.46 bits per heavy atom. The minimum Gasteiger partial charge on any atom is -0.334 e. The van der Waals surface area contributed by atoms with Gasteiger partial charge in [-0.25, -0.2) is 9.37 Å². The zero-order valence-corrected chi connectivity index (χ0v) is 14.1. The predicted octanol–water partition coefficient (Wildman–Crippen LogP) is 4.11. The van der Waals surface area contributed by atoms with E-state index in [9.17, 15) is 9.18 Å². The molecule has 3 heterocycles. The molecule has 1 N–H and O–H groups in total. The number of amides is 1. The maximum atomic E-state index is 12.8. The first-order valence-electron chi connectivity index (χ1n) is 6.82. The van der Waals surface area contributed by atoms with E-state index in [-0.39, 0.29) is 0 Å². The van der Waals surface area contributed by atoms with Gasteiger partial charge in [-0.05, 0) is 18.2 Å². The molecule has 0 aliphatic carbocycles. The zero-order valence-electron chi connectivity index (χ0n) is 12.6. The summed E-state index contributed by atoms with van der Waals surface area (Å²) in [5.41, 5.74) is 1.83. The molecule has 24 heavy (non-hydrogen) atoms. The summed E-state index contributed by atoms with van der Waals surface area (Å²) in [5.74, 6) is 4.17. The first-order chi connectivity index (χ1) is 11.4. The molecule has 0 fully saturated rings. The van der Waals surface area contributed by atoms with Gasteiger partial charge in [0.05, 0.1) is 26.7 Å². The second kappa shape index (κ2) is 6.48. The van der Waals surface area contributed by atoms with Gasteiger partial charge in [0.2, 0.25) is 0 Å². The maximum Gasteiger partial charge on any atom is 0.283 e. The summed E-state index contributed by atoms with van der Waals surface area (Å²) in [6, 6.07) is 5.34. The number of carbonyl (C=O) groups is 1. The molecule has 0 bridgehead atoms. The largest absolute Gasteiger partial charge is 0.334 e. The van der Waals surface area contributed by atoms with Crippen LogP contribution in [0.25, 0.3) is 11.0 Å². The van der Waals surface area contributed by atoms with Crippen LogP contribution in [0, 0.1) is 11.8 Å². The first kappa shape index (κ1) is 16.2. The van der Waals surface area contributed by atoms with Crippen LogP contribution in [0.1, 0.15) is 10.4 Å². The van der Waals surface area contributed by atoms with Crippen molar-refractivity contribution in [3.8, 4) is 11.8 Å². The second-order valence-corrected chi connectivity index (χ2v) is 6.68. The number of anilines is 1. The number of rotatable bonds is 2. The van der Waals surface area contributed by atoms with Crippen LogP contribution in [-0.4, -0.2) is 15.5 Å². The van der Waals surface area contributed by atoms with E-state index < -0.39 is 11.7 Å². The normalized spacial score (nSPS) is 10.3. The molecule has 0 aliphatic rings. The van der Waals surface area contributed by atoms with E-state index in [1.807, 2.05) is 23.9 Å². The number of hydrogen-bond acceptors (Lipinski definition) is 3. The van der Waals surface area contributed by atoms with Gasteiger partial charge in [-0.1, -0.05) is 30.0 Å². The lowest BCUT2D eigenvalue weighted by Gasteiger charge is -2.03. The predicted molar refractivity (Wildman–Crippen MR) is 94.9 cm³/mol. The van der Waals surface area contributed by atoms with Gasteiger partial charge in [0.25, 0.3) is 5.91 Å². The van der Waals surface area contributed by atoms with Crippen molar-refractivity contribution in [2.24, 2.45) is 7.05 Å².